The first-order valence-corrected chi connectivity index (χ1v) is 4.84. The highest BCUT2D eigenvalue weighted by Crippen LogP contribution is 2.13. The van der Waals surface area contributed by atoms with Gasteiger partial charge in [-0.3, -0.25) is 9.48 Å². The van der Waals surface area contributed by atoms with Crippen molar-refractivity contribution in [3.05, 3.63) is 18.2 Å². The summed E-state index contributed by atoms with van der Waals surface area (Å²) in [6.07, 6.45) is 3.36. The van der Waals surface area contributed by atoms with Gasteiger partial charge in [0.15, 0.2) is 11.4 Å². The van der Waals surface area contributed by atoms with Crippen molar-refractivity contribution in [1.29, 1.82) is 0 Å². The molecule has 0 aliphatic carbocycles. The molecular weight excluding hydrogens is 208 g/mol. The molecule has 0 fully saturated rings. The average Bonchev–Trinajstić information content (AvgIpc) is 2.62. The first-order valence-electron chi connectivity index (χ1n) is 4.84. The van der Waals surface area contributed by atoms with Crippen LogP contribution < -0.4 is 0 Å². The van der Waals surface area contributed by atoms with Crippen LogP contribution in [0.5, 0.6) is 0 Å². The summed E-state index contributed by atoms with van der Waals surface area (Å²) in [5.41, 5.74) is 1.43. The van der Waals surface area contributed by atoms with E-state index in [0.29, 0.717) is 5.69 Å². The van der Waals surface area contributed by atoms with Gasteiger partial charge in [-0.1, -0.05) is 0 Å². The summed E-state index contributed by atoms with van der Waals surface area (Å²) in [6, 6.07) is 0. The normalized spacial score (nSPS) is 10.9. The smallest absolute Gasteiger partial charge is 0.164 e. The maximum Gasteiger partial charge on any atom is 0.164 e. The van der Waals surface area contributed by atoms with Gasteiger partial charge in [0, 0.05) is 14.2 Å². The number of nitrogens with zero attached hydrogens (tertiary/aromatic N) is 4. The number of carbonyl (C=O) groups is 1. The first kappa shape index (κ1) is 10.7. The third-order valence-electron chi connectivity index (χ3n) is 2.28. The Morgan fingerprint density at radius 2 is 2.31 bits per heavy atom. The minimum atomic E-state index is -0.00801. The molecule has 0 saturated carbocycles. The van der Waals surface area contributed by atoms with E-state index in [2.05, 4.69) is 15.1 Å². The van der Waals surface area contributed by atoms with Gasteiger partial charge in [0.25, 0.3) is 0 Å². The summed E-state index contributed by atoms with van der Waals surface area (Å²) in [7, 11) is 3.30. The van der Waals surface area contributed by atoms with Crippen LogP contribution in [0.3, 0.4) is 0 Å². The summed E-state index contributed by atoms with van der Waals surface area (Å²) < 4.78 is 6.43. The molecule has 0 saturated heterocycles. The number of ether oxygens (including phenoxy) is 1. The van der Waals surface area contributed by atoms with Crippen molar-refractivity contribution in [2.75, 3.05) is 13.7 Å². The molecule has 0 aliphatic heterocycles. The molecule has 0 unspecified atom stereocenters. The Labute approximate surface area is 92.3 Å². The monoisotopic (exact) mass is 220 g/mol. The minimum absolute atomic E-state index is 0.00801. The van der Waals surface area contributed by atoms with Crippen molar-refractivity contribution in [3.63, 3.8) is 0 Å². The van der Waals surface area contributed by atoms with E-state index < -0.39 is 0 Å². The zero-order valence-electron chi connectivity index (χ0n) is 9.17. The number of aryl methyl sites for hydroxylation is 1. The molecule has 2 aromatic rings. The van der Waals surface area contributed by atoms with Crippen LogP contribution in [-0.2, 0) is 23.0 Å². The minimum Gasteiger partial charge on any atom is -0.377 e. The lowest BCUT2D eigenvalue weighted by Crippen LogP contribution is -2.11. The van der Waals surface area contributed by atoms with Crippen LogP contribution in [0.15, 0.2) is 12.5 Å². The van der Waals surface area contributed by atoms with Crippen LogP contribution >= 0.6 is 0 Å². The van der Waals surface area contributed by atoms with Crippen molar-refractivity contribution in [2.45, 2.75) is 6.42 Å². The molecule has 0 N–H and O–H groups in total. The Hall–Kier alpha value is -1.82. The molecule has 84 valence electrons. The maximum absolute atomic E-state index is 11.5. The summed E-state index contributed by atoms with van der Waals surface area (Å²) in [6.45, 7) is 0.103. The molecule has 2 rings (SSSR count). The number of fused-ring (bicyclic) bond motifs is 1. The van der Waals surface area contributed by atoms with E-state index in [0.717, 1.165) is 11.0 Å². The number of Topliss-reactive ketones (excluding diaryl/α,β-unsaturated/α-hetero) is 1. The van der Waals surface area contributed by atoms with E-state index >= 15 is 0 Å². The third kappa shape index (κ3) is 1.92. The van der Waals surface area contributed by atoms with Crippen molar-refractivity contribution in [1.82, 2.24) is 19.7 Å². The summed E-state index contributed by atoms with van der Waals surface area (Å²) in [4.78, 5) is 19.7. The predicted octanol–water partition coefficient (Wildman–Crippen LogP) is 0.121. The van der Waals surface area contributed by atoms with Gasteiger partial charge < -0.3 is 4.74 Å². The molecule has 0 bridgehead atoms. The van der Waals surface area contributed by atoms with Gasteiger partial charge in [-0.15, -0.1) is 0 Å². The summed E-state index contributed by atoms with van der Waals surface area (Å²) in [5, 5.41) is 4.90. The number of methoxy groups -OCH3 is 1. The molecule has 6 nitrogen and oxygen atoms in total. The van der Waals surface area contributed by atoms with Crippen LogP contribution in [0.25, 0.3) is 11.0 Å². The maximum atomic E-state index is 11.5. The van der Waals surface area contributed by atoms with Crippen LogP contribution in [-0.4, -0.2) is 39.2 Å². The van der Waals surface area contributed by atoms with E-state index in [1.807, 2.05) is 0 Å². The Balaban J connectivity index is 2.34. The fourth-order valence-electron chi connectivity index (χ4n) is 1.55. The van der Waals surface area contributed by atoms with Gasteiger partial charge in [0.1, 0.15) is 12.9 Å². The number of hydrogen-bond donors (Lipinski definition) is 0. The Bertz CT molecular complexity index is 521. The van der Waals surface area contributed by atoms with Gasteiger partial charge in [-0.2, -0.15) is 5.10 Å². The van der Waals surface area contributed by atoms with E-state index in [1.165, 1.54) is 13.4 Å². The molecule has 2 aromatic heterocycles. The van der Waals surface area contributed by atoms with Gasteiger partial charge in [0.05, 0.1) is 23.7 Å². The number of rotatable bonds is 4. The van der Waals surface area contributed by atoms with E-state index in [-0.39, 0.29) is 18.8 Å². The van der Waals surface area contributed by atoms with E-state index in [1.54, 1.807) is 17.9 Å². The lowest BCUT2D eigenvalue weighted by Gasteiger charge is -2.00. The molecule has 16 heavy (non-hydrogen) atoms. The lowest BCUT2D eigenvalue weighted by atomic mass is 10.2. The molecule has 6 heteroatoms. The first-order chi connectivity index (χ1) is 7.72. The molecule has 0 amide bonds. The highest BCUT2D eigenvalue weighted by Gasteiger charge is 2.11. The van der Waals surface area contributed by atoms with Crippen LogP contribution in [0.4, 0.5) is 0 Å². The molecule has 2 heterocycles. The number of aromatic nitrogens is 4. The number of ketones is 1. The van der Waals surface area contributed by atoms with Crippen molar-refractivity contribution < 1.29 is 9.53 Å². The fraction of sp³-hybridized carbons (Fsp3) is 0.400. The Morgan fingerprint density at radius 3 is 3.06 bits per heavy atom. The second kappa shape index (κ2) is 4.36. The fourth-order valence-corrected chi connectivity index (χ4v) is 1.55. The molecule has 0 radical (unpaired) electrons. The highest BCUT2D eigenvalue weighted by molar-refractivity contribution is 5.87. The van der Waals surface area contributed by atoms with Crippen molar-refractivity contribution >= 4 is 16.8 Å². The summed E-state index contributed by atoms with van der Waals surface area (Å²) in [5.74, 6) is -0.00801. The third-order valence-corrected chi connectivity index (χ3v) is 2.28. The molecular formula is C10H12N4O2. The van der Waals surface area contributed by atoms with Gasteiger partial charge >= 0.3 is 0 Å². The standard InChI is InChI=1S/C10H12N4O2/c1-14-10-8(4-13-14)9(11-6-12-10)3-7(15)5-16-2/h4,6H,3,5H2,1-2H3. The molecule has 0 atom stereocenters. The van der Waals surface area contributed by atoms with Crippen molar-refractivity contribution in [2.24, 2.45) is 7.05 Å². The second-order valence-corrected chi connectivity index (χ2v) is 3.47. The molecule has 0 aliphatic rings. The van der Waals surface area contributed by atoms with Crippen LogP contribution in [0, 0.1) is 0 Å². The van der Waals surface area contributed by atoms with E-state index in [9.17, 15) is 4.79 Å². The number of carbonyl (C=O) groups excluding carboxylic acids is 1. The Kier molecular flexibility index (Phi) is 2.91. The Morgan fingerprint density at radius 1 is 1.50 bits per heavy atom. The van der Waals surface area contributed by atoms with E-state index in [4.69, 9.17) is 4.74 Å². The van der Waals surface area contributed by atoms with Crippen molar-refractivity contribution in [3.8, 4) is 0 Å². The quantitative estimate of drug-likeness (QED) is 0.732. The van der Waals surface area contributed by atoms with Gasteiger partial charge in [-0.05, 0) is 0 Å². The molecule has 0 aromatic carbocycles. The predicted molar refractivity (Wildman–Crippen MR) is 56.9 cm³/mol. The van der Waals surface area contributed by atoms with Crippen LogP contribution in [0.2, 0.25) is 0 Å². The number of hydrogen-bond acceptors (Lipinski definition) is 5. The zero-order chi connectivity index (χ0) is 11.5. The summed E-state index contributed by atoms with van der Waals surface area (Å²) >= 11 is 0. The SMILES string of the molecule is COCC(=O)Cc1ncnc2c1cnn2C. The average molecular weight is 220 g/mol. The largest absolute Gasteiger partial charge is 0.377 e. The second-order valence-electron chi connectivity index (χ2n) is 3.47. The van der Waals surface area contributed by atoms with Crippen LogP contribution in [0.1, 0.15) is 5.69 Å². The zero-order valence-corrected chi connectivity index (χ0v) is 9.17. The van der Waals surface area contributed by atoms with Gasteiger partial charge in [0.2, 0.25) is 0 Å². The molecule has 0 spiro atoms. The lowest BCUT2D eigenvalue weighted by molar-refractivity contribution is -0.122. The topological polar surface area (TPSA) is 69.9 Å². The van der Waals surface area contributed by atoms with Gasteiger partial charge in [-0.25, -0.2) is 9.97 Å². The highest BCUT2D eigenvalue weighted by atomic mass is 16.5.